The molecule has 1 aromatic carbocycles. The van der Waals surface area contributed by atoms with Crippen molar-refractivity contribution in [2.45, 2.75) is 44.1 Å². The minimum atomic E-state index is -0.892. The van der Waals surface area contributed by atoms with Gasteiger partial charge in [0.2, 0.25) is 0 Å². The quantitative estimate of drug-likeness (QED) is 0.557. The number of ether oxygens (including phenoxy) is 2. The van der Waals surface area contributed by atoms with Gasteiger partial charge in [-0.3, -0.25) is 4.90 Å². The highest BCUT2D eigenvalue weighted by Crippen LogP contribution is 2.41. The molecule has 0 spiro atoms. The first-order valence-electron chi connectivity index (χ1n) is 11.5. The van der Waals surface area contributed by atoms with Gasteiger partial charge in [0.05, 0.1) is 25.3 Å². The molecule has 0 bridgehead atoms. The van der Waals surface area contributed by atoms with Gasteiger partial charge in [-0.25, -0.2) is 14.6 Å². The van der Waals surface area contributed by atoms with Crippen LogP contribution in [0.1, 0.15) is 31.4 Å². The Morgan fingerprint density at radius 3 is 2.73 bits per heavy atom. The largest absolute Gasteiger partial charge is 0.491 e. The number of likely N-dealkylation sites (tertiary alicyclic amines) is 1. The summed E-state index contributed by atoms with van der Waals surface area (Å²) in [4.78, 5) is 11.6. The molecule has 3 aliphatic heterocycles. The molecule has 2 saturated heterocycles. The van der Waals surface area contributed by atoms with Gasteiger partial charge in [-0.1, -0.05) is 6.07 Å². The zero-order valence-electron chi connectivity index (χ0n) is 18.9. The smallest absolute Gasteiger partial charge is 0.178 e. The summed E-state index contributed by atoms with van der Waals surface area (Å²) in [7, 11) is 0. The van der Waals surface area contributed by atoms with Gasteiger partial charge in [0.1, 0.15) is 42.0 Å². The topological polar surface area (TPSA) is 116 Å². The predicted octanol–water partition coefficient (Wildman–Crippen LogP) is 1.23. The molecular formula is C23H29N7O3. The van der Waals surface area contributed by atoms with Gasteiger partial charge in [-0.05, 0) is 31.5 Å². The molecule has 174 valence electrons. The molecule has 0 saturated carbocycles. The van der Waals surface area contributed by atoms with E-state index in [1.807, 2.05) is 10.9 Å². The van der Waals surface area contributed by atoms with Crippen LogP contribution in [0.2, 0.25) is 0 Å². The molecule has 10 heteroatoms. The van der Waals surface area contributed by atoms with Gasteiger partial charge < -0.3 is 24.9 Å². The Morgan fingerprint density at radius 1 is 1.21 bits per heavy atom. The van der Waals surface area contributed by atoms with Crippen LogP contribution >= 0.6 is 0 Å². The van der Waals surface area contributed by atoms with Crippen molar-refractivity contribution >= 4 is 0 Å². The molecule has 0 radical (unpaired) electrons. The number of rotatable bonds is 5. The SMILES string of the molecule is CC(C)n1ncnc1-c1cn2c(n1)-c1ccc(C3CN(C4([C@@H](N)O)COC4)C3)cc1OCC2. The zero-order chi connectivity index (χ0) is 22.7. The first-order valence-corrected chi connectivity index (χ1v) is 11.5. The van der Waals surface area contributed by atoms with Crippen molar-refractivity contribution in [1.29, 1.82) is 0 Å². The molecule has 0 aliphatic carbocycles. The van der Waals surface area contributed by atoms with E-state index in [-0.39, 0.29) is 6.04 Å². The molecule has 3 aliphatic rings. The van der Waals surface area contributed by atoms with Crippen LogP contribution < -0.4 is 10.5 Å². The highest BCUT2D eigenvalue weighted by molar-refractivity contribution is 5.69. The number of aliphatic hydroxyl groups excluding tert-OH is 1. The van der Waals surface area contributed by atoms with E-state index in [0.717, 1.165) is 48.3 Å². The van der Waals surface area contributed by atoms with E-state index in [2.05, 4.69) is 51.6 Å². The summed E-state index contributed by atoms with van der Waals surface area (Å²) in [5.74, 6) is 2.88. The minimum absolute atomic E-state index is 0.204. The number of nitrogens with zero attached hydrogens (tertiary/aromatic N) is 6. The molecule has 1 atom stereocenters. The summed E-state index contributed by atoms with van der Waals surface area (Å²) in [5.41, 5.74) is 8.43. The minimum Gasteiger partial charge on any atom is -0.491 e. The molecule has 10 nitrogen and oxygen atoms in total. The third-order valence-electron chi connectivity index (χ3n) is 7.14. The molecule has 33 heavy (non-hydrogen) atoms. The highest BCUT2D eigenvalue weighted by atomic mass is 16.5. The molecule has 0 unspecified atom stereocenters. The average molecular weight is 452 g/mol. The van der Waals surface area contributed by atoms with Gasteiger partial charge in [0, 0.05) is 31.2 Å². The Hall–Kier alpha value is -2.79. The lowest BCUT2D eigenvalue weighted by Gasteiger charge is -2.57. The number of hydrogen-bond acceptors (Lipinski definition) is 8. The van der Waals surface area contributed by atoms with Gasteiger partial charge in [-0.2, -0.15) is 5.10 Å². The summed E-state index contributed by atoms with van der Waals surface area (Å²) in [6.07, 6.45) is 2.72. The third-order valence-corrected chi connectivity index (χ3v) is 7.14. The molecule has 5 heterocycles. The van der Waals surface area contributed by atoms with Crippen LogP contribution in [0.3, 0.4) is 0 Å². The van der Waals surface area contributed by atoms with Crippen LogP contribution in [0, 0.1) is 0 Å². The Balaban J connectivity index is 1.27. The van der Waals surface area contributed by atoms with Gasteiger partial charge in [0.25, 0.3) is 0 Å². The second-order valence-corrected chi connectivity index (χ2v) is 9.51. The fourth-order valence-electron chi connectivity index (χ4n) is 4.98. The molecule has 2 aromatic heterocycles. The first kappa shape index (κ1) is 20.8. The Bertz CT molecular complexity index is 1170. The number of benzene rings is 1. The van der Waals surface area contributed by atoms with Crippen molar-refractivity contribution < 1.29 is 14.6 Å². The van der Waals surface area contributed by atoms with Crippen LogP contribution in [-0.4, -0.2) is 79.0 Å². The van der Waals surface area contributed by atoms with Crippen LogP contribution in [0.15, 0.2) is 30.7 Å². The van der Waals surface area contributed by atoms with Crippen LogP contribution in [0.5, 0.6) is 5.75 Å². The Labute approximate surface area is 191 Å². The van der Waals surface area contributed by atoms with Gasteiger partial charge in [0.15, 0.2) is 5.82 Å². The second kappa shape index (κ2) is 7.63. The standard InChI is InChI=1S/C23H29N7O3/c1-14(2)30-21(25-13-26-30)18-10-28-5-6-33-19-7-15(3-4-17(19)20(28)27-18)16-8-29(9-16)23(22(24)31)11-32-12-23/h3-4,7,10,13-14,16,22,31H,5-6,8-9,11-12,24H2,1-2H3/t22-/m0/s1. The number of nitrogens with two attached hydrogens (primary N) is 1. The number of fused-ring (bicyclic) bond motifs is 3. The second-order valence-electron chi connectivity index (χ2n) is 9.51. The van der Waals surface area contributed by atoms with Crippen molar-refractivity contribution in [2.24, 2.45) is 5.73 Å². The number of aliphatic hydroxyl groups is 1. The van der Waals surface area contributed by atoms with Crippen molar-refractivity contribution in [2.75, 3.05) is 32.9 Å². The first-order chi connectivity index (χ1) is 16.0. The van der Waals surface area contributed by atoms with Gasteiger partial charge >= 0.3 is 0 Å². The third kappa shape index (κ3) is 3.20. The Morgan fingerprint density at radius 2 is 2.03 bits per heavy atom. The normalized spacial score (nSPS) is 20.9. The van der Waals surface area contributed by atoms with E-state index < -0.39 is 11.8 Å². The lowest BCUT2D eigenvalue weighted by atomic mass is 9.82. The van der Waals surface area contributed by atoms with E-state index in [1.54, 1.807) is 6.33 Å². The van der Waals surface area contributed by atoms with E-state index >= 15 is 0 Å². The molecule has 3 aromatic rings. The predicted molar refractivity (Wildman–Crippen MR) is 121 cm³/mol. The highest BCUT2D eigenvalue weighted by Gasteiger charge is 2.53. The summed E-state index contributed by atoms with van der Waals surface area (Å²) in [6, 6.07) is 6.61. The van der Waals surface area contributed by atoms with Crippen molar-refractivity contribution in [1.82, 2.24) is 29.2 Å². The fraction of sp³-hybridized carbons (Fsp3) is 0.522. The lowest BCUT2D eigenvalue weighted by molar-refractivity contribution is -0.208. The molecule has 3 N–H and O–H groups in total. The van der Waals surface area contributed by atoms with Gasteiger partial charge in [-0.15, -0.1) is 0 Å². The van der Waals surface area contributed by atoms with E-state index in [0.29, 0.717) is 25.7 Å². The maximum absolute atomic E-state index is 10.0. The summed E-state index contributed by atoms with van der Waals surface area (Å²) in [5, 5.41) is 14.4. The van der Waals surface area contributed by atoms with Crippen LogP contribution in [0.25, 0.3) is 22.9 Å². The molecule has 0 amide bonds. The maximum Gasteiger partial charge on any atom is 0.178 e. The van der Waals surface area contributed by atoms with E-state index in [4.69, 9.17) is 20.2 Å². The van der Waals surface area contributed by atoms with Crippen LogP contribution in [-0.2, 0) is 11.3 Å². The zero-order valence-corrected chi connectivity index (χ0v) is 18.9. The fourth-order valence-corrected chi connectivity index (χ4v) is 4.98. The summed E-state index contributed by atoms with van der Waals surface area (Å²) < 4.78 is 15.5. The van der Waals surface area contributed by atoms with Crippen molar-refractivity contribution in [3.05, 3.63) is 36.3 Å². The number of hydrogen-bond donors (Lipinski definition) is 2. The van der Waals surface area contributed by atoms with Crippen molar-refractivity contribution in [3.63, 3.8) is 0 Å². The lowest BCUT2D eigenvalue weighted by Crippen LogP contribution is -2.75. The Kier molecular flexibility index (Phi) is 4.80. The monoisotopic (exact) mass is 451 g/mol. The average Bonchev–Trinajstić information content (AvgIpc) is 3.33. The molecular weight excluding hydrogens is 422 g/mol. The maximum atomic E-state index is 10.0. The number of imidazole rings is 1. The van der Waals surface area contributed by atoms with E-state index in [1.165, 1.54) is 5.56 Å². The molecule has 6 rings (SSSR count). The number of aromatic nitrogens is 5. The molecule has 2 fully saturated rings. The van der Waals surface area contributed by atoms with Crippen LogP contribution in [0.4, 0.5) is 0 Å². The summed E-state index contributed by atoms with van der Waals surface area (Å²) in [6.45, 7) is 8.13. The van der Waals surface area contributed by atoms with Crippen molar-refractivity contribution in [3.8, 4) is 28.7 Å². The summed E-state index contributed by atoms with van der Waals surface area (Å²) >= 11 is 0. The van der Waals surface area contributed by atoms with E-state index in [9.17, 15) is 5.11 Å².